The molecule has 4 heteroatoms. The fourth-order valence-electron chi connectivity index (χ4n) is 1.03. The molecule has 0 radical (unpaired) electrons. The summed E-state index contributed by atoms with van der Waals surface area (Å²) in [5.74, 6) is -0.265. The first kappa shape index (κ1) is 11.2. The topological polar surface area (TPSA) is 65.2 Å². The van der Waals surface area contributed by atoms with Gasteiger partial charge in [0.05, 0.1) is 24.9 Å². The summed E-state index contributed by atoms with van der Waals surface area (Å²) in [4.78, 5) is 14.9. The van der Waals surface area contributed by atoms with E-state index in [0.717, 1.165) is 11.3 Å². The molecule has 80 valence electrons. The van der Waals surface area contributed by atoms with Gasteiger partial charge in [-0.3, -0.25) is 9.78 Å². The van der Waals surface area contributed by atoms with Gasteiger partial charge in [0, 0.05) is 6.20 Å². The average molecular weight is 206 g/mol. The second-order valence-electron chi connectivity index (χ2n) is 3.13. The van der Waals surface area contributed by atoms with Crippen LogP contribution in [0.4, 0.5) is 5.69 Å². The van der Waals surface area contributed by atoms with E-state index in [1.165, 1.54) is 7.11 Å². The first-order valence-corrected chi connectivity index (χ1v) is 4.59. The fraction of sp³-hybridized carbons (Fsp3) is 0.273. The number of carbonyl (C=O) groups excluding carboxylic acids is 1. The molecule has 4 nitrogen and oxygen atoms in total. The monoisotopic (exact) mass is 206 g/mol. The van der Waals surface area contributed by atoms with Crippen molar-refractivity contribution >= 4 is 17.7 Å². The van der Waals surface area contributed by atoms with Crippen LogP contribution in [0.25, 0.3) is 6.08 Å². The predicted molar refractivity (Wildman–Crippen MR) is 59.1 cm³/mol. The quantitative estimate of drug-likeness (QED) is 0.762. The number of methoxy groups -OCH3 is 1. The number of aryl methyl sites for hydroxylation is 1. The van der Waals surface area contributed by atoms with Gasteiger partial charge in [-0.2, -0.15) is 0 Å². The fourth-order valence-corrected chi connectivity index (χ4v) is 1.03. The SMILES string of the molecule is COC(=O)CC=Cc1cnc(C)c(N)c1. The summed E-state index contributed by atoms with van der Waals surface area (Å²) in [6.07, 6.45) is 5.47. The molecule has 0 unspecified atom stereocenters. The maximum atomic E-state index is 10.8. The Morgan fingerprint density at radius 2 is 2.40 bits per heavy atom. The Morgan fingerprint density at radius 1 is 1.67 bits per heavy atom. The smallest absolute Gasteiger partial charge is 0.309 e. The van der Waals surface area contributed by atoms with Gasteiger partial charge in [-0.15, -0.1) is 0 Å². The van der Waals surface area contributed by atoms with E-state index in [1.807, 2.05) is 13.0 Å². The number of anilines is 1. The van der Waals surface area contributed by atoms with Crippen molar-refractivity contribution in [2.24, 2.45) is 0 Å². The highest BCUT2D eigenvalue weighted by atomic mass is 16.5. The first-order valence-electron chi connectivity index (χ1n) is 4.59. The van der Waals surface area contributed by atoms with Gasteiger partial charge in [0.2, 0.25) is 0 Å². The number of pyridine rings is 1. The van der Waals surface area contributed by atoms with E-state index in [1.54, 1.807) is 18.3 Å². The Labute approximate surface area is 88.8 Å². The summed E-state index contributed by atoms with van der Waals surface area (Å²) in [6.45, 7) is 1.84. The molecule has 0 saturated carbocycles. The lowest BCUT2D eigenvalue weighted by Gasteiger charge is -1.99. The molecular weight excluding hydrogens is 192 g/mol. The molecule has 0 bridgehead atoms. The van der Waals surface area contributed by atoms with Gasteiger partial charge in [0.1, 0.15) is 0 Å². The molecule has 1 rings (SSSR count). The largest absolute Gasteiger partial charge is 0.469 e. The van der Waals surface area contributed by atoms with Crippen molar-refractivity contribution in [2.45, 2.75) is 13.3 Å². The minimum Gasteiger partial charge on any atom is -0.469 e. The van der Waals surface area contributed by atoms with E-state index in [-0.39, 0.29) is 12.4 Å². The van der Waals surface area contributed by atoms with Crippen LogP contribution in [0.2, 0.25) is 0 Å². The Hall–Kier alpha value is -1.84. The summed E-state index contributed by atoms with van der Waals surface area (Å²) < 4.78 is 4.50. The molecule has 0 atom stereocenters. The lowest BCUT2D eigenvalue weighted by atomic mass is 10.2. The van der Waals surface area contributed by atoms with E-state index in [9.17, 15) is 4.79 Å². The van der Waals surface area contributed by atoms with E-state index in [0.29, 0.717) is 5.69 Å². The zero-order valence-corrected chi connectivity index (χ0v) is 8.86. The van der Waals surface area contributed by atoms with Gasteiger partial charge in [0.15, 0.2) is 0 Å². The third kappa shape index (κ3) is 3.42. The molecular formula is C11H14N2O2. The van der Waals surface area contributed by atoms with E-state index in [4.69, 9.17) is 5.73 Å². The zero-order chi connectivity index (χ0) is 11.3. The van der Waals surface area contributed by atoms with Crippen LogP contribution in [0.15, 0.2) is 18.3 Å². The first-order chi connectivity index (χ1) is 7.13. The van der Waals surface area contributed by atoms with Crippen LogP contribution < -0.4 is 5.73 Å². The second-order valence-corrected chi connectivity index (χ2v) is 3.13. The van der Waals surface area contributed by atoms with Gasteiger partial charge in [0.25, 0.3) is 0 Å². The highest BCUT2D eigenvalue weighted by Crippen LogP contribution is 2.11. The van der Waals surface area contributed by atoms with Gasteiger partial charge < -0.3 is 10.5 Å². The van der Waals surface area contributed by atoms with Crippen molar-refractivity contribution in [3.8, 4) is 0 Å². The van der Waals surface area contributed by atoms with Crippen molar-refractivity contribution in [1.29, 1.82) is 0 Å². The number of ether oxygens (including phenoxy) is 1. The predicted octanol–water partition coefficient (Wildman–Crippen LogP) is 1.55. The van der Waals surface area contributed by atoms with E-state index in [2.05, 4.69) is 9.72 Å². The van der Waals surface area contributed by atoms with E-state index < -0.39 is 0 Å². The Kier molecular flexibility index (Phi) is 3.85. The molecule has 0 aliphatic rings. The molecule has 1 aromatic heterocycles. The molecule has 0 amide bonds. The Bertz CT molecular complexity index is 386. The van der Waals surface area contributed by atoms with Crippen LogP contribution in [-0.4, -0.2) is 18.1 Å². The molecule has 0 fully saturated rings. The van der Waals surface area contributed by atoms with Crippen LogP contribution in [0.3, 0.4) is 0 Å². The third-order valence-corrected chi connectivity index (χ3v) is 1.97. The van der Waals surface area contributed by atoms with Gasteiger partial charge in [-0.05, 0) is 18.6 Å². The third-order valence-electron chi connectivity index (χ3n) is 1.97. The summed E-state index contributed by atoms with van der Waals surface area (Å²) in [6, 6.07) is 1.82. The number of nitrogens with zero attached hydrogens (tertiary/aromatic N) is 1. The van der Waals surface area contributed by atoms with Crippen LogP contribution in [0.1, 0.15) is 17.7 Å². The standard InChI is InChI=1S/C11H14N2O2/c1-8-10(12)6-9(7-13-8)4-3-5-11(14)15-2/h3-4,6-7H,5,12H2,1-2H3. The number of hydrogen-bond acceptors (Lipinski definition) is 4. The second kappa shape index (κ2) is 5.14. The molecule has 0 aliphatic heterocycles. The molecule has 0 aliphatic carbocycles. The molecule has 1 heterocycles. The maximum absolute atomic E-state index is 10.8. The highest BCUT2D eigenvalue weighted by molar-refractivity contribution is 5.72. The lowest BCUT2D eigenvalue weighted by Crippen LogP contribution is -1.97. The minimum absolute atomic E-state index is 0.254. The minimum atomic E-state index is -0.265. The lowest BCUT2D eigenvalue weighted by molar-refractivity contribution is -0.139. The van der Waals surface area contributed by atoms with E-state index >= 15 is 0 Å². The average Bonchev–Trinajstić information content (AvgIpc) is 2.23. The van der Waals surface area contributed by atoms with Crippen LogP contribution in [0, 0.1) is 6.92 Å². The van der Waals surface area contributed by atoms with Crippen LogP contribution in [-0.2, 0) is 9.53 Å². The molecule has 2 N–H and O–H groups in total. The number of hydrogen-bond donors (Lipinski definition) is 1. The summed E-state index contributed by atoms with van der Waals surface area (Å²) in [5, 5.41) is 0. The van der Waals surface area contributed by atoms with Gasteiger partial charge in [-0.1, -0.05) is 12.2 Å². The number of nitrogens with two attached hydrogens (primary N) is 1. The van der Waals surface area contributed by atoms with Crippen LogP contribution >= 0.6 is 0 Å². The highest BCUT2D eigenvalue weighted by Gasteiger charge is 1.96. The maximum Gasteiger partial charge on any atom is 0.309 e. The van der Waals surface area contributed by atoms with Crippen molar-refractivity contribution in [2.75, 3.05) is 12.8 Å². The number of rotatable bonds is 3. The number of aromatic nitrogens is 1. The summed E-state index contributed by atoms with van der Waals surface area (Å²) in [5.41, 5.74) is 8.02. The molecule has 15 heavy (non-hydrogen) atoms. The van der Waals surface area contributed by atoms with Gasteiger partial charge in [-0.25, -0.2) is 0 Å². The van der Waals surface area contributed by atoms with Crippen molar-refractivity contribution in [1.82, 2.24) is 4.98 Å². The van der Waals surface area contributed by atoms with Crippen molar-refractivity contribution < 1.29 is 9.53 Å². The number of esters is 1. The molecule has 0 saturated heterocycles. The summed E-state index contributed by atoms with van der Waals surface area (Å²) >= 11 is 0. The molecule has 0 aromatic carbocycles. The number of nitrogen functional groups attached to an aromatic ring is 1. The normalized spacial score (nSPS) is 10.5. The zero-order valence-electron chi connectivity index (χ0n) is 8.86. The van der Waals surface area contributed by atoms with Crippen LogP contribution in [0.5, 0.6) is 0 Å². The number of carbonyl (C=O) groups is 1. The molecule has 0 spiro atoms. The van der Waals surface area contributed by atoms with Crippen molar-refractivity contribution in [3.05, 3.63) is 29.6 Å². The Balaban J connectivity index is 2.65. The van der Waals surface area contributed by atoms with Gasteiger partial charge >= 0.3 is 5.97 Å². The molecule has 1 aromatic rings. The summed E-state index contributed by atoms with van der Waals surface area (Å²) in [7, 11) is 1.36. The Morgan fingerprint density at radius 3 is 3.00 bits per heavy atom. The van der Waals surface area contributed by atoms with Crippen molar-refractivity contribution in [3.63, 3.8) is 0 Å².